The van der Waals surface area contributed by atoms with Gasteiger partial charge < -0.3 is 9.47 Å². The van der Waals surface area contributed by atoms with Crippen molar-refractivity contribution in [2.24, 2.45) is 0 Å². The number of methoxy groups -OCH3 is 2. The zero-order valence-corrected chi connectivity index (χ0v) is 5.88. The number of hydrogen-bond acceptors (Lipinski definition) is 3. The highest BCUT2D eigenvalue weighted by Gasteiger charge is 2.04. The molecule has 0 rings (SSSR count). The Morgan fingerprint density at radius 3 is 2.50 bits per heavy atom. The van der Waals surface area contributed by atoms with Crippen molar-refractivity contribution in [3.63, 3.8) is 0 Å². The minimum absolute atomic E-state index is 0.0741. The number of carbonyl (C=O) groups excluding carboxylic acids is 1. The fraction of sp³-hybridized carbons (Fsp3) is 0.286. The molecule has 3 heteroatoms. The van der Waals surface area contributed by atoms with Crippen LogP contribution < -0.4 is 0 Å². The maximum Gasteiger partial charge on any atom is 0.349 e. The number of rotatable bonds is 2. The monoisotopic (exact) mass is 140 g/mol. The number of hydrogen-bond donors (Lipinski definition) is 0. The van der Waals surface area contributed by atoms with Gasteiger partial charge in [0.1, 0.15) is 11.8 Å². The second-order valence-corrected chi connectivity index (χ2v) is 1.40. The van der Waals surface area contributed by atoms with Crippen LogP contribution in [0.2, 0.25) is 0 Å². The summed E-state index contributed by atoms with van der Waals surface area (Å²) in [5.74, 6) is 1.55. The van der Waals surface area contributed by atoms with Gasteiger partial charge in [-0.1, -0.05) is 5.92 Å². The van der Waals surface area contributed by atoms with E-state index in [1.54, 1.807) is 0 Å². The molecule has 0 aromatic carbocycles. The molecule has 0 aliphatic rings. The molecule has 0 fully saturated rings. The molecule has 0 bridgehead atoms. The van der Waals surface area contributed by atoms with Gasteiger partial charge in [0, 0.05) is 0 Å². The second-order valence-electron chi connectivity index (χ2n) is 1.40. The summed E-state index contributed by atoms with van der Waals surface area (Å²) in [5, 5.41) is 0. The summed E-state index contributed by atoms with van der Waals surface area (Å²) in [5.41, 5.74) is 0.0741. The molecule has 0 unspecified atom stereocenters. The Morgan fingerprint density at radius 2 is 2.20 bits per heavy atom. The summed E-state index contributed by atoms with van der Waals surface area (Å²) in [6.07, 6.45) is 6.09. The average molecular weight is 140 g/mol. The van der Waals surface area contributed by atoms with E-state index in [1.165, 1.54) is 14.2 Å². The smallest absolute Gasteiger partial charge is 0.349 e. The summed E-state index contributed by atoms with van der Waals surface area (Å²) in [7, 11) is 2.66. The molecule has 54 valence electrons. The predicted molar refractivity (Wildman–Crippen MR) is 35.9 cm³/mol. The van der Waals surface area contributed by atoms with Crippen LogP contribution in [0.1, 0.15) is 0 Å². The lowest BCUT2D eigenvalue weighted by Crippen LogP contribution is -2.02. The van der Waals surface area contributed by atoms with Crippen LogP contribution in [0.5, 0.6) is 0 Å². The van der Waals surface area contributed by atoms with E-state index < -0.39 is 5.97 Å². The van der Waals surface area contributed by atoms with Crippen LogP contribution in [0.4, 0.5) is 0 Å². The van der Waals surface area contributed by atoms with Crippen LogP contribution >= 0.6 is 0 Å². The van der Waals surface area contributed by atoms with Crippen molar-refractivity contribution in [2.45, 2.75) is 0 Å². The molecule has 0 amide bonds. The van der Waals surface area contributed by atoms with Gasteiger partial charge in [0.05, 0.1) is 14.2 Å². The molecule has 0 radical (unpaired) electrons. The SMILES string of the molecule is C#CC(=COC)C(=O)OC. The van der Waals surface area contributed by atoms with E-state index in [-0.39, 0.29) is 5.57 Å². The first-order valence-corrected chi connectivity index (χ1v) is 2.54. The van der Waals surface area contributed by atoms with Gasteiger partial charge in [0.15, 0.2) is 0 Å². The quantitative estimate of drug-likeness (QED) is 0.240. The molecule has 0 saturated carbocycles. The molecule has 0 saturated heterocycles. The van der Waals surface area contributed by atoms with Crippen molar-refractivity contribution in [1.29, 1.82) is 0 Å². The van der Waals surface area contributed by atoms with E-state index in [1.807, 2.05) is 0 Å². The first-order valence-electron chi connectivity index (χ1n) is 2.54. The zero-order chi connectivity index (χ0) is 7.98. The Balaban J connectivity index is 4.25. The van der Waals surface area contributed by atoms with Crippen molar-refractivity contribution >= 4 is 5.97 Å². The molecular formula is C7H8O3. The highest BCUT2D eigenvalue weighted by molar-refractivity contribution is 5.92. The highest BCUT2D eigenvalue weighted by Crippen LogP contribution is 1.94. The van der Waals surface area contributed by atoms with Crippen LogP contribution in [0.15, 0.2) is 11.8 Å². The van der Waals surface area contributed by atoms with Gasteiger partial charge in [0.25, 0.3) is 0 Å². The number of terminal acetylenes is 1. The third-order valence-electron chi connectivity index (χ3n) is 0.797. The third-order valence-corrected chi connectivity index (χ3v) is 0.797. The van der Waals surface area contributed by atoms with Crippen LogP contribution in [0.3, 0.4) is 0 Å². The fourth-order valence-corrected chi connectivity index (χ4v) is 0.369. The zero-order valence-electron chi connectivity index (χ0n) is 5.88. The van der Waals surface area contributed by atoms with E-state index in [0.717, 1.165) is 6.26 Å². The number of esters is 1. The van der Waals surface area contributed by atoms with Crippen molar-refractivity contribution < 1.29 is 14.3 Å². The highest BCUT2D eigenvalue weighted by atomic mass is 16.5. The van der Waals surface area contributed by atoms with Crippen molar-refractivity contribution in [3.05, 3.63) is 11.8 Å². The van der Waals surface area contributed by atoms with Crippen molar-refractivity contribution in [3.8, 4) is 12.3 Å². The minimum atomic E-state index is -0.565. The standard InChI is InChI=1S/C7H8O3/c1-4-6(5-9-2)7(8)10-3/h1,5H,2-3H3. The molecule has 0 aromatic rings. The van der Waals surface area contributed by atoms with Gasteiger partial charge in [-0.3, -0.25) is 0 Å². The molecule has 0 aliphatic heterocycles. The molecular weight excluding hydrogens is 132 g/mol. The van der Waals surface area contributed by atoms with E-state index in [4.69, 9.17) is 6.42 Å². The van der Waals surface area contributed by atoms with E-state index in [9.17, 15) is 4.79 Å². The molecule has 0 aliphatic carbocycles. The first-order chi connectivity index (χ1) is 4.76. The van der Waals surface area contributed by atoms with E-state index in [2.05, 4.69) is 15.4 Å². The normalized spacial score (nSPS) is 9.90. The molecule has 0 spiro atoms. The Kier molecular flexibility index (Phi) is 3.81. The lowest BCUT2D eigenvalue weighted by atomic mass is 10.3. The Bertz CT molecular complexity index is 186. The maximum atomic E-state index is 10.6. The summed E-state index contributed by atoms with van der Waals surface area (Å²) in [6.45, 7) is 0. The van der Waals surface area contributed by atoms with Gasteiger partial charge in [-0.2, -0.15) is 0 Å². The van der Waals surface area contributed by atoms with Crippen LogP contribution in [-0.2, 0) is 14.3 Å². The van der Waals surface area contributed by atoms with E-state index in [0.29, 0.717) is 0 Å². The minimum Gasteiger partial charge on any atom is -0.503 e. The Morgan fingerprint density at radius 1 is 1.60 bits per heavy atom. The largest absolute Gasteiger partial charge is 0.503 e. The van der Waals surface area contributed by atoms with Gasteiger partial charge in [-0.15, -0.1) is 6.42 Å². The molecule has 0 heterocycles. The molecule has 10 heavy (non-hydrogen) atoms. The summed E-state index contributed by atoms with van der Waals surface area (Å²) in [4.78, 5) is 10.6. The molecule has 3 nitrogen and oxygen atoms in total. The van der Waals surface area contributed by atoms with Gasteiger partial charge >= 0.3 is 5.97 Å². The molecule has 0 atom stereocenters. The van der Waals surface area contributed by atoms with Crippen LogP contribution in [-0.4, -0.2) is 20.2 Å². The van der Waals surface area contributed by atoms with Gasteiger partial charge in [-0.25, -0.2) is 4.79 Å². The van der Waals surface area contributed by atoms with Crippen molar-refractivity contribution in [2.75, 3.05) is 14.2 Å². The summed E-state index contributed by atoms with van der Waals surface area (Å²) >= 11 is 0. The lowest BCUT2D eigenvalue weighted by molar-refractivity contribution is -0.135. The average Bonchev–Trinajstić information content (AvgIpc) is 1.99. The van der Waals surface area contributed by atoms with Crippen LogP contribution in [0.25, 0.3) is 0 Å². The number of ether oxygens (including phenoxy) is 2. The van der Waals surface area contributed by atoms with Gasteiger partial charge in [-0.05, 0) is 0 Å². The number of carbonyl (C=O) groups is 1. The second kappa shape index (κ2) is 4.45. The van der Waals surface area contributed by atoms with Crippen LogP contribution in [0, 0.1) is 12.3 Å². The summed E-state index contributed by atoms with van der Waals surface area (Å²) in [6, 6.07) is 0. The maximum absolute atomic E-state index is 10.6. The Hall–Kier alpha value is -1.43. The Labute approximate surface area is 59.6 Å². The van der Waals surface area contributed by atoms with Gasteiger partial charge in [0.2, 0.25) is 0 Å². The topological polar surface area (TPSA) is 35.5 Å². The lowest BCUT2D eigenvalue weighted by Gasteiger charge is -1.95. The predicted octanol–water partition coefficient (Wildman–Crippen LogP) is 0.323. The summed E-state index contributed by atoms with van der Waals surface area (Å²) < 4.78 is 8.84. The third kappa shape index (κ3) is 2.23. The molecule has 0 N–H and O–H groups in total. The fourth-order valence-electron chi connectivity index (χ4n) is 0.369. The van der Waals surface area contributed by atoms with E-state index >= 15 is 0 Å². The van der Waals surface area contributed by atoms with Crippen molar-refractivity contribution in [1.82, 2.24) is 0 Å². The first kappa shape index (κ1) is 8.57. The molecule has 0 aromatic heterocycles.